The topological polar surface area (TPSA) is 81.0 Å². The fourth-order valence-electron chi connectivity index (χ4n) is 2.67. The predicted molar refractivity (Wildman–Crippen MR) is 109 cm³/mol. The average molecular weight is 357 g/mol. The van der Waals surface area contributed by atoms with E-state index in [1.165, 1.54) is 6.08 Å². The average Bonchev–Trinajstić information content (AvgIpc) is 2.68. The van der Waals surface area contributed by atoms with E-state index in [4.69, 9.17) is 0 Å². The molecule has 1 heterocycles. The van der Waals surface area contributed by atoms with Gasteiger partial charge < -0.3 is 15.5 Å². The summed E-state index contributed by atoms with van der Waals surface area (Å²) in [7, 11) is 3.96. The smallest absolute Gasteiger partial charge is 0.247 e. The van der Waals surface area contributed by atoms with Crippen molar-refractivity contribution in [3.63, 3.8) is 0 Å². The molecular weight excluding hydrogens is 338 g/mol. The van der Waals surface area contributed by atoms with Crippen molar-refractivity contribution >= 4 is 39.6 Å². The van der Waals surface area contributed by atoms with E-state index in [0.29, 0.717) is 16.9 Å². The summed E-state index contributed by atoms with van der Waals surface area (Å²) in [5.41, 5.74) is 4.33. The van der Waals surface area contributed by atoms with Crippen molar-refractivity contribution < 1.29 is 4.79 Å². The molecule has 6 nitrogen and oxygen atoms in total. The molecule has 134 valence electrons. The van der Waals surface area contributed by atoms with Gasteiger partial charge in [0, 0.05) is 42.7 Å². The molecular formula is C21H19N5O. The van der Waals surface area contributed by atoms with Gasteiger partial charge in [0.2, 0.25) is 5.91 Å². The minimum Gasteiger partial charge on any atom is -0.378 e. The number of amides is 1. The summed E-state index contributed by atoms with van der Waals surface area (Å²) in [4.78, 5) is 17.9. The number of fused-ring (bicyclic) bond motifs is 1. The van der Waals surface area contributed by atoms with Crippen molar-refractivity contribution in [2.24, 2.45) is 0 Å². The summed E-state index contributed by atoms with van der Waals surface area (Å²) in [5, 5.41) is 16.3. The lowest BCUT2D eigenvalue weighted by Crippen LogP contribution is -2.08. The Morgan fingerprint density at radius 2 is 1.89 bits per heavy atom. The van der Waals surface area contributed by atoms with E-state index in [-0.39, 0.29) is 5.91 Å². The van der Waals surface area contributed by atoms with E-state index in [1.54, 1.807) is 24.4 Å². The van der Waals surface area contributed by atoms with Gasteiger partial charge in [0.15, 0.2) is 0 Å². The van der Waals surface area contributed by atoms with Crippen LogP contribution in [-0.4, -0.2) is 25.0 Å². The standard InChI is InChI=1S/C21H19N5O/c1-4-20(27)24-16-7-10-19-18(11-16)21(14(12-22)13-23-19)25-15-5-8-17(9-6-15)26(2)3/h4-11,13H,1H2,2-3H3,(H,23,25)(H,24,27). The lowest BCUT2D eigenvalue weighted by Gasteiger charge is -2.15. The number of hydrogen-bond donors (Lipinski definition) is 2. The van der Waals surface area contributed by atoms with Gasteiger partial charge in [-0.1, -0.05) is 6.58 Å². The summed E-state index contributed by atoms with van der Waals surface area (Å²) in [6.45, 7) is 3.46. The van der Waals surface area contributed by atoms with E-state index >= 15 is 0 Å². The SMILES string of the molecule is C=CC(=O)Nc1ccc2ncc(C#N)c(Nc3ccc(N(C)C)cc3)c2c1. The van der Waals surface area contributed by atoms with Crippen molar-refractivity contribution in [3.05, 3.63) is 66.9 Å². The van der Waals surface area contributed by atoms with E-state index in [2.05, 4.69) is 28.3 Å². The Balaban J connectivity index is 2.05. The van der Waals surface area contributed by atoms with Crippen LogP contribution < -0.4 is 15.5 Å². The highest BCUT2D eigenvalue weighted by molar-refractivity contribution is 6.02. The second kappa shape index (κ2) is 7.58. The molecule has 0 spiro atoms. The molecule has 2 N–H and O–H groups in total. The summed E-state index contributed by atoms with van der Waals surface area (Å²) in [6, 6.07) is 15.4. The Kier molecular flexibility index (Phi) is 5.04. The minimum absolute atomic E-state index is 0.299. The summed E-state index contributed by atoms with van der Waals surface area (Å²) < 4.78 is 0. The monoisotopic (exact) mass is 357 g/mol. The van der Waals surface area contributed by atoms with Crippen LogP contribution in [0.2, 0.25) is 0 Å². The maximum Gasteiger partial charge on any atom is 0.247 e. The van der Waals surface area contributed by atoms with Gasteiger partial charge in [-0.2, -0.15) is 5.26 Å². The third-order valence-corrected chi connectivity index (χ3v) is 4.09. The molecule has 6 heteroatoms. The number of carbonyl (C=O) groups excluding carboxylic acids is 1. The number of aromatic nitrogens is 1. The Morgan fingerprint density at radius 1 is 1.19 bits per heavy atom. The molecule has 0 saturated heterocycles. The van der Waals surface area contributed by atoms with Crippen molar-refractivity contribution in [3.8, 4) is 6.07 Å². The van der Waals surface area contributed by atoms with E-state index in [9.17, 15) is 10.1 Å². The molecule has 0 aliphatic rings. The first-order valence-corrected chi connectivity index (χ1v) is 8.32. The number of nitrogens with zero attached hydrogens (tertiary/aromatic N) is 3. The number of hydrogen-bond acceptors (Lipinski definition) is 5. The fourth-order valence-corrected chi connectivity index (χ4v) is 2.67. The van der Waals surface area contributed by atoms with Gasteiger partial charge in [-0.15, -0.1) is 0 Å². The number of benzene rings is 2. The molecule has 0 aliphatic carbocycles. The number of nitriles is 1. The molecule has 0 unspecified atom stereocenters. The highest BCUT2D eigenvalue weighted by Crippen LogP contribution is 2.31. The van der Waals surface area contributed by atoms with Crippen LogP contribution in [0.4, 0.5) is 22.7 Å². The molecule has 1 amide bonds. The van der Waals surface area contributed by atoms with Gasteiger partial charge in [0.25, 0.3) is 0 Å². The maximum absolute atomic E-state index is 11.6. The van der Waals surface area contributed by atoms with Gasteiger partial charge in [0.05, 0.1) is 16.8 Å². The summed E-state index contributed by atoms with van der Waals surface area (Å²) >= 11 is 0. The molecule has 27 heavy (non-hydrogen) atoms. The maximum atomic E-state index is 11.6. The molecule has 1 aromatic heterocycles. The molecule has 0 atom stereocenters. The van der Waals surface area contributed by atoms with Crippen molar-refractivity contribution in [2.75, 3.05) is 29.6 Å². The van der Waals surface area contributed by atoms with Gasteiger partial charge >= 0.3 is 0 Å². The van der Waals surface area contributed by atoms with Gasteiger partial charge in [-0.3, -0.25) is 9.78 Å². The first-order chi connectivity index (χ1) is 13.0. The van der Waals surface area contributed by atoms with Crippen molar-refractivity contribution in [1.29, 1.82) is 5.26 Å². The zero-order chi connectivity index (χ0) is 19.4. The number of pyridine rings is 1. The second-order valence-corrected chi connectivity index (χ2v) is 6.15. The quantitative estimate of drug-likeness (QED) is 0.674. The molecule has 0 radical (unpaired) electrons. The largest absolute Gasteiger partial charge is 0.378 e. The Hall–Kier alpha value is -3.85. The number of carbonyl (C=O) groups is 1. The fraction of sp³-hybridized carbons (Fsp3) is 0.0952. The first-order valence-electron chi connectivity index (χ1n) is 8.32. The van der Waals surface area contributed by atoms with Crippen LogP contribution in [0.1, 0.15) is 5.56 Å². The number of anilines is 4. The summed E-state index contributed by atoms with van der Waals surface area (Å²) in [5.74, 6) is -0.299. The number of rotatable bonds is 5. The molecule has 3 aromatic rings. The number of nitrogens with one attached hydrogen (secondary N) is 2. The van der Waals surface area contributed by atoms with Crippen LogP contribution in [0.25, 0.3) is 10.9 Å². The lowest BCUT2D eigenvalue weighted by atomic mass is 10.1. The molecule has 2 aromatic carbocycles. The highest BCUT2D eigenvalue weighted by Gasteiger charge is 2.11. The van der Waals surface area contributed by atoms with Crippen molar-refractivity contribution in [1.82, 2.24) is 4.98 Å². The zero-order valence-electron chi connectivity index (χ0n) is 15.2. The molecule has 3 rings (SSSR count). The minimum atomic E-state index is -0.299. The van der Waals surface area contributed by atoms with E-state index < -0.39 is 0 Å². The normalized spacial score (nSPS) is 10.1. The van der Waals surface area contributed by atoms with Gasteiger partial charge in [-0.05, 0) is 48.5 Å². The van der Waals surface area contributed by atoms with Crippen LogP contribution >= 0.6 is 0 Å². The van der Waals surface area contributed by atoms with Gasteiger partial charge in [-0.25, -0.2) is 0 Å². The predicted octanol–water partition coefficient (Wildman–Crippen LogP) is 4.04. The molecule has 0 aliphatic heterocycles. The Labute approximate surface area is 157 Å². The van der Waals surface area contributed by atoms with E-state index in [1.807, 2.05) is 43.3 Å². The van der Waals surface area contributed by atoms with Crippen LogP contribution in [0, 0.1) is 11.3 Å². The van der Waals surface area contributed by atoms with Crippen LogP contribution in [-0.2, 0) is 4.79 Å². The molecule has 0 bridgehead atoms. The van der Waals surface area contributed by atoms with E-state index in [0.717, 1.165) is 22.3 Å². The van der Waals surface area contributed by atoms with Crippen LogP contribution in [0.3, 0.4) is 0 Å². The molecule has 0 fully saturated rings. The zero-order valence-corrected chi connectivity index (χ0v) is 15.2. The van der Waals surface area contributed by atoms with Crippen molar-refractivity contribution in [2.45, 2.75) is 0 Å². The first kappa shape index (κ1) is 18.0. The van der Waals surface area contributed by atoms with Crippen LogP contribution in [0.15, 0.2) is 61.3 Å². The second-order valence-electron chi connectivity index (χ2n) is 6.15. The van der Waals surface area contributed by atoms with Crippen LogP contribution in [0.5, 0.6) is 0 Å². The third kappa shape index (κ3) is 3.88. The third-order valence-electron chi connectivity index (χ3n) is 4.09. The Bertz CT molecular complexity index is 1050. The Morgan fingerprint density at radius 3 is 2.52 bits per heavy atom. The highest BCUT2D eigenvalue weighted by atomic mass is 16.1. The summed E-state index contributed by atoms with van der Waals surface area (Å²) in [6.07, 6.45) is 2.75. The lowest BCUT2D eigenvalue weighted by molar-refractivity contribution is -0.111. The molecule has 0 saturated carbocycles. The van der Waals surface area contributed by atoms with Gasteiger partial charge in [0.1, 0.15) is 6.07 Å².